The standard InChI is InChI=1S/C11H18N6/c1-8-11(9(2)17(4)14-8)6-12-5-10-7-16(3)15-13-10/h7,12H,5-6H2,1-4H3. The lowest BCUT2D eigenvalue weighted by Crippen LogP contribution is -2.14. The average molecular weight is 234 g/mol. The minimum absolute atomic E-state index is 0.724. The monoisotopic (exact) mass is 234 g/mol. The van der Waals surface area contributed by atoms with Gasteiger partial charge in [0.15, 0.2) is 0 Å². The molecule has 0 atom stereocenters. The van der Waals surface area contributed by atoms with Crippen molar-refractivity contribution in [2.24, 2.45) is 14.1 Å². The number of aryl methyl sites for hydroxylation is 3. The van der Waals surface area contributed by atoms with Crippen molar-refractivity contribution < 1.29 is 0 Å². The van der Waals surface area contributed by atoms with Crippen LogP contribution in [0.25, 0.3) is 0 Å². The molecule has 0 aliphatic rings. The first-order valence-corrected chi connectivity index (χ1v) is 5.63. The molecule has 0 aliphatic heterocycles. The third-order valence-corrected chi connectivity index (χ3v) is 2.92. The van der Waals surface area contributed by atoms with E-state index in [1.165, 1.54) is 11.3 Å². The quantitative estimate of drug-likeness (QED) is 0.834. The van der Waals surface area contributed by atoms with E-state index in [0.717, 1.165) is 24.5 Å². The molecule has 0 fully saturated rings. The highest BCUT2D eigenvalue weighted by Crippen LogP contribution is 2.11. The largest absolute Gasteiger partial charge is 0.307 e. The number of hydrogen-bond acceptors (Lipinski definition) is 4. The van der Waals surface area contributed by atoms with Gasteiger partial charge in [0.1, 0.15) is 0 Å². The first kappa shape index (κ1) is 11.8. The van der Waals surface area contributed by atoms with E-state index in [1.54, 1.807) is 4.68 Å². The van der Waals surface area contributed by atoms with Crippen molar-refractivity contribution in [3.05, 3.63) is 28.8 Å². The number of aromatic nitrogens is 5. The summed E-state index contributed by atoms with van der Waals surface area (Å²) in [4.78, 5) is 0. The molecule has 0 unspecified atom stereocenters. The first-order valence-electron chi connectivity index (χ1n) is 5.63. The Hall–Kier alpha value is -1.69. The van der Waals surface area contributed by atoms with Crippen LogP contribution in [-0.2, 0) is 27.2 Å². The van der Waals surface area contributed by atoms with Gasteiger partial charge in [0.05, 0.1) is 11.4 Å². The second-order valence-electron chi connectivity index (χ2n) is 4.26. The van der Waals surface area contributed by atoms with Crippen LogP contribution in [0.5, 0.6) is 0 Å². The summed E-state index contributed by atoms with van der Waals surface area (Å²) in [6.07, 6.45) is 1.91. The zero-order valence-electron chi connectivity index (χ0n) is 10.7. The van der Waals surface area contributed by atoms with Gasteiger partial charge >= 0.3 is 0 Å². The lowest BCUT2D eigenvalue weighted by Gasteiger charge is -2.03. The highest BCUT2D eigenvalue weighted by Gasteiger charge is 2.08. The third-order valence-electron chi connectivity index (χ3n) is 2.92. The molecular weight excluding hydrogens is 216 g/mol. The van der Waals surface area contributed by atoms with Crippen LogP contribution < -0.4 is 5.32 Å². The van der Waals surface area contributed by atoms with Crippen LogP contribution in [0.3, 0.4) is 0 Å². The topological polar surface area (TPSA) is 60.6 Å². The summed E-state index contributed by atoms with van der Waals surface area (Å²) in [5.74, 6) is 0. The molecule has 0 aromatic carbocycles. The van der Waals surface area contributed by atoms with Crippen LogP contribution in [0.1, 0.15) is 22.6 Å². The molecule has 0 spiro atoms. The Morgan fingerprint density at radius 3 is 2.53 bits per heavy atom. The van der Waals surface area contributed by atoms with Gasteiger partial charge in [0, 0.05) is 44.6 Å². The highest BCUT2D eigenvalue weighted by molar-refractivity contribution is 5.24. The van der Waals surface area contributed by atoms with Gasteiger partial charge in [-0.05, 0) is 13.8 Å². The fourth-order valence-electron chi connectivity index (χ4n) is 1.87. The molecule has 2 aromatic rings. The van der Waals surface area contributed by atoms with Crippen molar-refractivity contribution >= 4 is 0 Å². The summed E-state index contributed by atoms with van der Waals surface area (Å²) in [5, 5.41) is 15.7. The van der Waals surface area contributed by atoms with E-state index >= 15 is 0 Å². The van der Waals surface area contributed by atoms with Crippen molar-refractivity contribution in [1.82, 2.24) is 30.1 Å². The van der Waals surface area contributed by atoms with Gasteiger partial charge in [0.25, 0.3) is 0 Å². The lowest BCUT2D eigenvalue weighted by molar-refractivity contribution is 0.667. The fourth-order valence-corrected chi connectivity index (χ4v) is 1.87. The molecule has 1 N–H and O–H groups in total. The minimum atomic E-state index is 0.724. The van der Waals surface area contributed by atoms with Gasteiger partial charge in [-0.1, -0.05) is 5.21 Å². The Labute approximate surface area is 101 Å². The maximum Gasteiger partial charge on any atom is 0.0964 e. The Bertz CT molecular complexity index is 510. The average Bonchev–Trinajstić information content (AvgIpc) is 2.78. The van der Waals surface area contributed by atoms with Gasteiger partial charge in [-0.3, -0.25) is 9.36 Å². The van der Waals surface area contributed by atoms with E-state index in [1.807, 2.05) is 31.9 Å². The SMILES string of the molecule is Cc1nn(C)c(C)c1CNCc1cn(C)nn1. The molecule has 6 heteroatoms. The molecule has 17 heavy (non-hydrogen) atoms. The molecule has 0 amide bonds. The molecule has 0 aliphatic carbocycles. The molecule has 0 saturated heterocycles. The lowest BCUT2D eigenvalue weighted by atomic mass is 10.2. The zero-order chi connectivity index (χ0) is 12.4. The molecular formula is C11H18N6. The summed E-state index contributed by atoms with van der Waals surface area (Å²) >= 11 is 0. The predicted octanol–water partition coefficient (Wildman–Crippen LogP) is 0.455. The van der Waals surface area contributed by atoms with E-state index in [0.29, 0.717) is 0 Å². The molecule has 2 rings (SSSR count). The molecule has 6 nitrogen and oxygen atoms in total. The van der Waals surface area contributed by atoms with Crippen molar-refractivity contribution in [3.63, 3.8) is 0 Å². The molecule has 92 valence electrons. The summed E-state index contributed by atoms with van der Waals surface area (Å²) < 4.78 is 3.62. The van der Waals surface area contributed by atoms with Gasteiger partial charge in [-0.25, -0.2) is 0 Å². The Kier molecular flexibility index (Phi) is 3.23. The van der Waals surface area contributed by atoms with E-state index in [2.05, 4.69) is 27.7 Å². The van der Waals surface area contributed by atoms with Crippen LogP contribution >= 0.6 is 0 Å². The summed E-state index contributed by atoms with van der Waals surface area (Å²) in [6, 6.07) is 0. The molecule has 2 heterocycles. The van der Waals surface area contributed by atoms with Gasteiger partial charge in [-0.2, -0.15) is 5.10 Å². The van der Waals surface area contributed by atoms with Gasteiger partial charge in [0.2, 0.25) is 0 Å². The van der Waals surface area contributed by atoms with Gasteiger partial charge < -0.3 is 5.32 Å². The zero-order valence-corrected chi connectivity index (χ0v) is 10.7. The molecule has 0 bridgehead atoms. The van der Waals surface area contributed by atoms with E-state index in [-0.39, 0.29) is 0 Å². The normalized spacial score (nSPS) is 11.1. The number of nitrogens with zero attached hydrogens (tertiary/aromatic N) is 5. The van der Waals surface area contributed by atoms with Crippen molar-refractivity contribution in [3.8, 4) is 0 Å². The van der Waals surface area contributed by atoms with Crippen LogP contribution in [0, 0.1) is 13.8 Å². The molecule has 2 aromatic heterocycles. The second-order valence-corrected chi connectivity index (χ2v) is 4.26. The van der Waals surface area contributed by atoms with Crippen LogP contribution in [0.4, 0.5) is 0 Å². The smallest absolute Gasteiger partial charge is 0.0964 e. The predicted molar refractivity (Wildman–Crippen MR) is 64.2 cm³/mol. The Morgan fingerprint density at radius 2 is 2.00 bits per heavy atom. The summed E-state index contributed by atoms with van der Waals surface area (Å²) in [7, 11) is 3.83. The fraction of sp³-hybridized carbons (Fsp3) is 0.545. The van der Waals surface area contributed by atoms with E-state index in [9.17, 15) is 0 Å². The summed E-state index contributed by atoms with van der Waals surface area (Å²) in [5.41, 5.74) is 4.49. The van der Waals surface area contributed by atoms with E-state index in [4.69, 9.17) is 0 Å². The summed E-state index contributed by atoms with van der Waals surface area (Å²) in [6.45, 7) is 5.65. The second kappa shape index (κ2) is 4.67. The van der Waals surface area contributed by atoms with Crippen LogP contribution in [0.15, 0.2) is 6.20 Å². The van der Waals surface area contributed by atoms with Gasteiger partial charge in [-0.15, -0.1) is 5.10 Å². The first-order chi connectivity index (χ1) is 8.08. The highest BCUT2D eigenvalue weighted by atomic mass is 15.4. The van der Waals surface area contributed by atoms with Crippen molar-refractivity contribution in [2.45, 2.75) is 26.9 Å². The maximum atomic E-state index is 4.38. The van der Waals surface area contributed by atoms with Crippen LogP contribution in [-0.4, -0.2) is 24.8 Å². The number of rotatable bonds is 4. The third kappa shape index (κ3) is 2.52. The molecule has 0 saturated carbocycles. The minimum Gasteiger partial charge on any atom is -0.307 e. The van der Waals surface area contributed by atoms with Crippen LogP contribution in [0.2, 0.25) is 0 Å². The van der Waals surface area contributed by atoms with Crippen molar-refractivity contribution in [2.75, 3.05) is 0 Å². The maximum absolute atomic E-state index is 4.38. The molecule has 0 radical (unpaired) electrons. The number of hydrogen-bond donors (Lipinski definition) is 1. The van der Waals surface area contributed by atoms with E-state index < -0.39 is 0 Å². The Balaban J connectivity index is 1.94. The van der Waals surface area contributed by atoms with Crippen molar-refractivity contribution in [1.29, 1.82) is 0 Å². The number of nitrogens with one attached hydrogen (secondary N) is 1. The Morgan fingerprint density at radius 1 is 1.24 bits per heavy atom.